The maximum Gasteiger partial charge on any atom is 0.328 e. The Balaban J connectivity index is 2.27. The summed E-state index contributed by atoms with van der Waals surface area (Å²) in [5.41, 5.74) is 1.84. The molecule has 1 aliphatic rings. The van der Waals surface area contributed by atoms with Crippen LogP contribution in [0.3, 0.4) is 0 Å². The Morgan fingerprint density at radius 2 is 1.47 bits per heavy atom. The van der Waals surface area contributed by atoms with E-state index in [2.05, 4.69) is 13.8 Å². The first-order valence-electron chi connectivity index (χ1n) is 5.95. The van der Waals surface area contributed by atoms with Crippen LogP contribution in [-0.2, 0) is 9.59 Å². The highest BCUT2D eigenvalue weighted by atomic mass is 16.2. The van der Waals surface area contributed by atoms with Crippen molar-refractivity contribution in [2.45, 2.75) is 19.8 Å². The van der Waals surface area contributed by atoms with Crippen molar-refractivity contribution in [3.8, 4) is 0 Å². The van der Waals surface area contributed by atoms with Gasteiger partial charge in [-0.25, -0.2) is 4.79 Å². The normalized spacial score (nSPS) is 15.3. The molecule has 1 aromatic rings. The van der Waals surface area contributed by atoms with Crippen molar-refractivity contribution in [1.29, 1.82) is 0 Å². The van der Waals surface area contributed by atoms with E-state index in [0.29, 0.717) is 5.92 Å². The fraction of sp³-hybridized carbons (Fsp3) is 0.214. The van der Waals surface area contributed by atoms with Crippen molar-refractivity contribution in [2.75, 3.05) is 0 Å². The molecule has 1 fully saturated rings. The maximum atomic E-state index is 11.5. The van der Waals surface area contributed by atoms with Gasteiger partial charge in [0, 0.05) is 0 Å². The second-order valence-electron chi connectivity index (χ2n) is 4.62. The minimum Gasteiger partial charge on any atom is -0.273 e. The summed E-state index contributed by atoms with van der Waals surface area (Å²) in [6, 6.07) is 6.77. The van der Waals surface area contributed by atoms with Crippen molar-refractivity contribution in [1.82, 2.24) is 10.6 Å². The molecule has 0 spiro atoms. The number of barbiturate groups is 1. The smallest absolute Gasteiger partial charge is 0.273 e. The second kappa shape index (κ2) is 5.06. The van der Waals surface area contributed by atoms with E-state index < -0.39 is 17.8 Å². The topological polar surface area (TPSA) is 75.3 Å². The van der Waals surface area contributed by atoms with Crippen LogP contribution in [0.1, 0.15) is 30.9 Å². The van der Waals surface area contributed by atoms with Gasteiger partial charge in [-0.1, -0.05) is 38.1 Å². The minimum atomic E-state index is -0.790. The van der Waals surface area contributed by atoms with Crippen molar-refractivity contribution < 1.29 is 14.4 Å². The van der Waals surface area contributed by atoms with E-state index in [9.17, 15) is 14.4 Å². The summed E-state index contributed by atoms with van der Waals surface area (Å²) in [6.07, 6.45) is 1.46. The van der Waals surface area contributed by atoms with Gasteiger partial charge in [-0.2, -0.15) is 0 Å². The first kappa shape index (κ1) is 13.0. The van der Waals surface area contributed by atoms with Crippen LogP contribution >= 0.6 is 0 Å². The molecule has 1 aliphatic heterocycles. The molecule has 0 aliphatic carbocycles. The van der Waals surface area contributed by atoms with Gasteiger partial charge in [-0.15, -0.1) is 0 Å². The lowest BCUT2D eigenvalue weighted by atomic mass is 10.0. The Morgan fingerprint density at radius 1 is 0.947 bits per heavy atom. The van der Waals surface area contributed by atoms with E-state index in [-0.39, 0.29) is 5.57 Å². The predicted octanol–water partition coefficient (Wildman–Crippen LogP) is 1.56. The molecule has 2 rings (SSSR count). The second-order valence-corrected chi connectivity index (χ2v) is 4.62. The summed E-state index contributed by atoms with van der Waals surface area (Å²) in [6.45, 7) is 4.17. The van der Waals surface area contributed by atoms with E-state index in [4.69, 9.17) is 0 Å². The van der Waals surface area contributed by atoms with Crippen molar-refractivity contribution in [3.05, 3.63) is 41.0 Å². The summed E-state index contributed by atoms with van der Waals surface area (Å²) in [5, 5.41) is 4.06. The largest absolute Gasteiger partial charge is 0.328 e. The van der Waals surface area contributed by atoms with Gasteiger partial charge in [0.2, 0.25) is 0 Å². The van der Waals surface area contributed by atoms with Gasteiger partial charge in [0.05, 0.1) is 0 Å². The Labute approximate surface area is 110 Å². The molecule has 5 nitrogen and oxygen atoms in total. The predicted molar refractivity (Wildman–Crippen MR) is 70.2 cm³/mol. The van der Waals surface area contributed by atoms with Crippen LogP contribution < -0.4 is 10.6 Å². The molecular formula is C14H14N2O3. The number of hydrogen-bond donors (Lipinski definition) is 2. The van der Waals surface area contributed by atoms with Gasteiger partial charge in [-0.3, -0.25) is 20.2 Å². The molecular weight excluding hydrogens is 244 g/mol. The monoisotopic (exact) mass is 258 g/mol. The molecule has 1 saturated heterocycles. The number of imide groups is 2. The van der Waals surface area contributed by atoms with Crippen molar-refractivity contribution in [3.63, 3.8) is 0 Å². The van der Waals surface area contributed by atoms with Crippen molar-refractivity contribution in [2.24, 2.45) is 0 Å². The first-order chi connectivity index (χ1) is 8.97. The molecule has 0 radical (unpaired) electrons. The lowest BCUT2D eigenvalue weighted by Gasteiger charge is -2.14. The zero-order chi connectivity index (χ0) is 14.0. The highest BCUT2D eigenvalue weighted by Crippen LogP contribution is 2.16. The molecule has 0 atom stereocenters. The lowest BCUT2D eigenvalue weighted by Crippen LogP contribution is -2.51. The fourth-order valence-electron chi connectivity index (χ4n) is 1.75. The van der Waals surface area contributed by atoms with Crippen LogP contribution in [0.4, 0.5) is 4.79 Å². The number of carbonyl (C=O) groups is 3. The number of benzene rings is 1. The molecule has 0 bridgehead atoms. The molecule has 0 unspecified atom stereocenters. The third-order valence-corrected chi connectivity index (χ3v) is 2.86. The number of nitrogens with one attached hydrogen (secondary N) is 2. The third-order valence-electron chi connectivity index (χ3n) is 2.86. The van der Waals surface area contributed by atoms with Crippen LogP contribution in [0.25, 0.3) is 6.08 Å². The maximum absolute atomic E-state index is 11.5. The first-order valence-corrected chi connectivity index (χ1v) is 5.95. The summed E-state index contributed by atoms with van der Waals surface area (Å²) in [4.78, 5) is 34.0. The summed E-state index contributed by atoms with van der Waals surface area (Å²) < 4.78 is 0. The Morgan fingerprint density at radius 3 is 1.95 bits per heavy atom. The SMILES string of the molecule is CC(C)c1ccc(C=C2C(=O)NC(=O)NC2=O)cc1. The van der Waals surface area contributed by atoms with Gasteiger partial charge in [-0.05, 0) is 23.1 Å². The quantitative estimate of drug-likeness (QED) is 0.624. The van der Waals surface area contributed by atoms with E-state index in [1.165, 1.54) is 11.6 Å². The van der Waals surface area contributed by atoms with Crippen LogP contribution in [0.5, 0.6) is 0 Å². The molecule has 2 N–H and O–H groups in total. The summed E-state index contributed by atoms with van der Waals surface area (Å²) >= 11 is 0. The number of amides is 4. The zero-order valence-electron chi connectivity index (χ0n) is 10.7. The fourth-order valence-corrected chi connectivity index (χ4v) is 1.75. The minimum absolute atomic E-state index is 0.0723. The van der Waals surface area contributed by atoms with Gasteiger partial charge in [0.15, 0.2) is 0 Å². The molecule has 0 aromatic heterocycles. The van der Waals surface area contributed by atoms with E-state index in [0.717, 1.165) is 5.56 Å². The molecule has 1 aromatic carbocycles. The molecule has 0 saturated carbocycles. The Kier molecular flexibility index (Phi) is 3.46. The highest BCUT2D eigenvalue weighted by molar-refractivity contribution is 6.31. The van der Waals surface area contributed by atoms with Crippen molar-refractivity contribution >= 4 is 23.9 Å². The Hall–Kier alpha value is -2.43. The molecule has 4 amide bonds. The number of hydrogen-bond acceptors (Lipinski definition) is 3. The average Bonchev–Trinajstić information content (AvgIpc) is 2.34. The highest BCUT2D eigenvalue weighted by Gasteiger charge is 2.27. The van der Waals surface area contributed by atoms with Crippen LogP contribution in [0.2, 0.25) is 0 Å². The van der Waals surface area contributed by atoms with Crippen LogP contribution in [0.15, 0.2) is 29.8 Å². The number of carbonyl (C=O) groups excluding carboxylic acids is 3. The molecule has 1 heterocycles. The van der Waals surface area contributed by atoms with Gasteiger partial charge >= 0.3 is 6.03 Å². The van der Waals surface area contributed by atoms with Gasteiger partial charge in [0.1, 0.15) is 5.57 Å². The zero-order valence-corrected chi connectivity index (χ0v) is 10.7. The standard InChI is InChI=1S/C14H14N2O3/c1-8(2)10-5-3-9(4-6-10)7-11-12(17)15-14(19)16-13(11)18/h3-8H,1-2H3,(H2,15,16,17,18,19). The van der Waals surface area contributed by atoms with Crippen LogP contribution in [0, 0.1) is 0 Å². The molecule has 98 valence electrons. The third kappa shape index (κ3) is 2.88. The molecule has 19 heavy (non-hydrogen) atoms. The Bertz CT molecular complexity index is 549. The summed E-state index contributed by atoms with van der Waals surface area (Å²) in [7, 11) is 0. The van der Waals surface area contributed by atoms with E-state index in [1.807, 2.05) is 34.9 Å². The van der Waals surface area contributed by atoms with Gasteiger partial charge < -0.3 is 0 Å². The van der Waals surface area contributed by atoms with E-state index in [1.54, 1.807) is 0 Å². The molecule has 5 heteroatoms. The summed E-state index contributed by atoms with van der Waals surface area (Å²) in [5.74, 6) is -0.941. The van der Waals surface area contributed by atoms with Crippen LogP contribution in [-0.4, -0.2) is 17.8 Å². The average molecular weight is 258 g/mol. The number of rotatable bonds is 2. The van der Waals surface area contributed by atoms with Gasteiger partial charge in [0.25, 0.3) is 11.8 Å². The van der Waals surface area contributed by atoms with E-state index >= 15 is 0 Å². The number of urea groups is 1. The lowest BCUT2D eigenvalue weighted by molar-refractivity contribution is -0.123.